The molecule has 36 heavy (non-hydrogen) atoms. The molecule has 1 aliphatic heterocycles. The topological polar surface area (TPSA) is 100.0 Å². The first-order valence-electron chi connectivity index (χ1n) is 11.6. The molecule has 2 heterocycles. The molecule has 0 spiro atoms. The average molecular weight is 501 g/mol. The number of ketones is 1. The van der Waals surface area contributed by atoms with Gasteiger partial charge in [-0.05, 0) is 60.9 Å². The zero-order chi connectivity index (χ0) is 25.4. The SMILES string of the molecule is CCCOc1cccc(C(O)=C2C(=O)C(=O)N(c3nc4ccc(C)cc4s3)C2c2ccc(O)cc2)c1. The van der Waals surface area contributed by atoms with E-state index in [0.717, 1.165) is 16.7 Å². The van der Waals surface area contributed by atoms with Gasteiger partial charge in [0.2, 0.25) is 0 Å². The second kappa shape index (κ2) is 9.47. The summed E-state index contributed by atoms with van der Waals surface area (Å²) in [4.78, 5) is 32.7. The number of benzene rings is 3. The number of hydrogen-bond donors (Lipinski definition) is 2. The molecular formula is C28H24N2O5S. The molecule has 8 heteroatoms. The molecule has 2 N–H and O–H groups in total. The Hall–Kier alpha value is -4.17. The zero-order valence-corrected chi connectivity index (χ0v) is 20.6. The molecule has 182 valence electrons. The Bertz CT molecular complexity index is 1510. The minimum atomic E-state index is -0.924. The standard InChI is InChI=1S/C28H24N2O5S/c1-3-13-35-20-6-4-5-18(15-20)25(32)23-24(17-8-10-19(31)11-9-17)30(27(34)26(23)33)28-29-21-12-7-16(2)14-22(21)36-28/h4-12,14-15,24,31-32H,3,13H2,1-2H3. The number of fused-ring (bicyclic) bond motifs is 1. The summed E-state index contributed by atoms with van der Waals surface area (Å²) < 4.78 is 6.57. The van der Waals surface area contributed by atoms with Crippen molar-refractivity contribution in [2.45, 2.75) is 26.3 Å². The van der Waals surface area contributed by atoms with Gasteiger partial charge in [0, 0.05) is 5.56 Å². The van der Waals surface area contributed by atoms with Crippen LogP contribution in [0.15, 0.2) is 72.3 Å². The fourth-order valence-electron chi connectivity index (χ4n) is 4.23. The van der Waals surface area contributed by atoms with Gasteiger partial charge in [0.1, 0.15) is 17.3 Å². The number of amides is 1. The number of ether oxygens (including phenoxy) is 1. The van der Waals surface area contributed by atoms with E-state index < -0.39 is 17.7 Å². The molecule has 5 rings (SSSR count). The van der Waals surface area contributed by atoms with E-state index in [4.69, 9.17) is 4.74 Å². The summed E-state index contributed by atoms with van der Waals surface area (Å²) in [5, 5.41) is 21.5. The lowest BCUT2D eigenvalue weighted by Gasteiger charge is -2.23. The Morgan fingerprint density at radius 2 is 1.86 bits per heavy atom. The van der Waals surface area contributed by atoms with Crippen LogP contribution in [0, 0.1) is 6.92 Å². The van der Waals surface area contributed by atoms with Crippen LogP contribution < -0.4 is 9.64 Å². The van der Waals surface area contributed by atoms with Gasteiger partial charge in [-0.25, -0.2) is 4.98 Å². The summed E-state index contributed by atoms with van der Waals surface area (Å²) in [5.41, 5.74) is 2.65. The normalized spacial score (nSPS) is 17.2. The molecule has 1 amide bonds. The van der Waals surface area contributed by atoms with Gasteiger partial charge in [0.25, 0.3) is 5.78 Å². The van der Waals surface area contributed by atoms with E-state index in [2.05, 4.69) is 4.98 Å². The van der Waals surface area contributed by atoms with Gasteiger partial charge in [0.05, 0.1) is 28.4 Å². The fraction of sp³-hybridized carbons (Fsp3) is 0.179. The zero-order valence-electron chi connectivity index (χ0n) is 19.8. The Morgan fingerprint density at radius 1 is 1.08 bits per heavy atom. The van der Waals surface area contributed by atoms with Crippen molar-refractivity contribution in [3.8, 4) is 11.5 Å². The van der Waals surface area contributed by atoms with Crippen molar-refractivity contribution in [3.05, 3.63) is 89.0 Å². The number of phenolic OH excluding ortho intramolecular Hbond substituents is 1. The number of rotatable bonds is 6. The van der Waals surface area contributed by atoms with Gasteiger partial charge in [0.15, 0.2) is 5.13 Å². The Balaban J connectivity index is 1.68. The third-order valence-corrected chi connectivity index (χ3v) is 6.99. The minimum absolute atomic E-state index is 0.0474. The number of anilines is 1. The van der Waals surface area contributed by atoms with Crippen LogP contribution in [-0.2, 0) is 9.59 Å². The van der Waals surface area contributed by atoms with E-state index in [1.807, 2.05) is 32.0 Å². The largest absolute Gasteiger partial charge is 0.508 e. The van der Waals surface area contributed by atoms with Crippen molar-refractivity contribution in [2.24, 2.45) is 0 Å². The van der Waals surface area contributed by atoms with Crippen molar-refractivity contribution in [2.75, 3.05) is 11.5 Å². The fourth-order valence-corrected chi connectivity index (χ4v) is 5.32. The first-order chi connectivity index (χ1) is 17.4. The van der Waals surface area contributed by atoms with Crippen LogP contribution in [0.2, 0.25) is 0 Å². The number of carbonyl (C=O) groups is 2. The maximum Gasteiger partial charge on any atom is 0.301 e. The summed E-state index contributed by atoms with van der Waals surface area (Å²) in [6.45, 7) is 4.48. The van der Waals surface area contributed by atoms with E-state index in [-0.39, 0.29) is 17.1 Å². The number of hydrogen-bond acceptors (Lipinski definition) is 7. The maximum atomic E-state index is 13.4. The smallest absolute Gasteiger partial charge is 0.301 e. The van der Waals surface area contributed by atoms with E-state index in [1.54, 1.807) is 36.4 Å². The molecule has 0 saturated carbocycles. The summed E-state index contributed by atoms with van der Waals surface area (Å²) in [5.74, 6) is -1.28. The number of aromatic hydroxyl groups is 1. The monoisotopic (exact) mass is 500 g/mol. The third-order valence-electron chi connectivity index (χ3n) is 5.97. The number of phenols is 1. The van der Waals surface area contributed by atoms with E-state index in [1.165, 1.54) is 28.4 Å². The van der Waals surface area contributed by atoms with Crippen LogP contribution in [0.1, 0.15) is 36.1 Å². The highest BCUT2D eigenvalue weighted by Gasteiger charge is 2.48. The van der Waals surface area contributed by atoms with Crippen LogP contribution >= 0.6 is 11.3 Å². The lowest BCUT2D eigenvalue weighted by molar-refractivity contribution is -0.132. The highest BCUT2D eigenvalue weighted by molar-refractivity contribution is 7.22. The highest BCUT2D eigenvalue weighted by atomic mass is 32.1. The van der Waals surface area contributed by atoms with Crippen molar-refractivity contribution < 1.29 is 24.5 Å². The molecular weight excluding hydrogens is 476 g/mol. The summed E-state index contributed by atoms with van der Waals surface area (Å²) >= 11 is 1.31. The van der Waals surface area contributed by atoms with Crippen LogP contribution in [-0.4, -0.2) is 33.5 Å². The molecule has 1 atom stereocenters. The predicted molar refractivity (Wildman–Crippen MR) is 139 cm³/mol. The lowest BCUT2D eigenvalue weighted by atomic mass is 9.95. The second-order valence-corrected chi connectivity index (χ2v) is 9.61. The third kappa shape index (κ3) is 4.20. The molecule has 1 fully saturated rings. The van der Waals surface area contributed by atoms with Gasteiger partial charge in [-0.1, -0.05) is 48.6 Å². The second-order valence-electron chi connectivity index (χ2n) is 8.60. The minimum Gasteiger partial charge on any atom is -0.508 e. The van der Waals surface area contributed by atoms with Crippen molar-refractivity contribution in [1.29, 1.82) is 0 Å². The molecule has 1 aromatic heterocycles. The Kier molecular flexibility index (Phi) is 6.20. The molecule has 0 radical (unpaired) electrons. The first-order valence-corrected chi connectivity index (χ1v) is 12.4. The van der Waals surface area contributed by atoms with Gasteiger partial charge in [-0.15, -0.1) is 0 Å². The number of nitrogens with zero attached hydrogens (tertiary/aromatic N) is 2. The number of aryl methyl sites for hydroxylation is 1. The van der Waals surface area contributed by atoms with Crippen LogP contribution in [0.25, 0.3) is 16.0 Å². The van der Waals surface area contributed by atoms with Crippen molar-refractivity contribution >= 4 is 44.1 Å². The van der Waals surface area contributed by atoms with E-state index in [9.17, 15) is 19.8 Å². The van der Waals surface area contributed by atoms with Gasteiger partial charge in [-0.3, -0.25) is 14.5 Å². The summed E-state index contributed by atoms with van der Waals surface area (Å²) in [6.07, 6.45) is 0.823. The molecule has 3 aromatic carbocycles. The summed E-state index contributed by atoms with van der Waals surface area (Å²) in [6, 6.07) is 17.9. The average Bonchev–Trinajstić information content (AvgIpc) is 3.40. The van der Waals surface area contributed by atoms with Gasteiger partial charge >= 0.3 is 5.91 Å². The Labute approximate surface area is 211 Å². The van der Waals surface area contributed by atoms with Crippen LogP contribution in [0.4, 0.5) is 5.13 Å². The highest BCUT2D eigenvalue weighted by Crippen LogP contribution is 2.44. The van der Waals surface area contributed by atoms with E-state index >= 15 is 0 Å². The lowest BCUT2D eigenvalue weighted by Crippen LogP contribution is -2.29. The first kappa shape index (κ1) is 23.6. The van der Waals surface area contributed by atoms with Crippen molar-refractivity contribution in [1.82, 2.24) is 4.98 Å². The number of aliphatic hydroxyl groups is 1. The summed E-state index contributed by atoms with van der Waals surface area (Å²) in [7, 11) is 0. The molecule has 1 saturated heterocycles. The molecule has 0 aliphatic carbocycles. The number of aromatic nitrogens is 1. The molecule has 4 aromatic rings. The van der Waals surface area contributed by atoms with Gasteiger partial charge < -0.3 is 14.9 Å². The quantitative estimate of drug-likeness (QED) is 0.199. The number of aliphatic hydroxyl groups excluding tert-OH is 1. The van der Waals surface area contributed by atoms with E-state index in [0.29, 0.717) is 34.1 Å². The van der Waals surface area contributed by atoms with Crippen LogP contribution in [0.5, 0.6) is 11.5 Å². The molecule has 7 nitrogen and oxygen atoms in total. The molecule has 1 aliphatic rings. The predicted octanol–water partition coefficient (Wildman–Crippen LogP) is 5.73. The molecule has 0 bridgehead atoms. The van der Waals surface area contributed by atoms with Gasteiger partial charge in [-0.2, -0.15) is 0 Å². The Morgan fingerprint density at radius 3 is 2.61 bits per heavy atom. The van der Waals surface area contributed by atoms with Crippen molar-refractivity contribution in [3.63, 3.8) is 0 Å². The van der Waals surface area contributed by atoms with Crippen LogP contribution in [0.3, 0.4) is 0 Å². The maximum absolute atomic E-state index is 13.4. The number of Topliss-reactive ketones (excluding diaryl/α,β-unsaturated/α-hetero) is 1. The molecule has 1 unspecified atom stereocenters. The number of thiazole rings is 1. The number of carbonyl (C=O) groups excluding carboxylic acids is 2.